The Balaban J connectivity index is 1.63. The molecule has 1 amide bonds. The molecule has 1 aromatic heterocycles. The Bertz CT molecular complexity index is 822. The lowest BCUT2D eigenvalue weighted by atomic mass is 10.1. The van der Waals surface area contributed by atoms with E-state index >= 15 is 0 Å². The van der Waals surface area contributed by atoms with Gasteiger partial charge in [-0.3, -0.25) is 9.89 Å². The number of hydrogen-bond donors (Lipinski definition) is 2. The van der Waals surface area contributed by atoms with Crippen LogP contribution in [0.25, 0.3) is 11.1 Å². The van der Waals surface area contributed by atoms with Crippen LogP contribution < -0.4 is 5.32 Å². The number of nitrogens with zero attached hydrogens (tertiary/aromatic N) is 1. The van der Waals surface area contributed by atoms with Crippen LogP contribution in [-0.4, -0.2) is 16.1 Å². The zero-order chi connectivity index (χ0) is 14.2. The van der Waals surface area contributed by atoms with E-state index in [-0.39, 0.29) is 5.91 Å². The second-order valence-electron chi connectivity index (χ2n) is 5.15. The maximum atomic E-state index is 12.0. The van der Waals surface area contributed by atoms with Crippen molar-refractivity contribution >= 4 is 11.6 Å². The third-order valence-electron chi connectivity index (χ3n) is 3.81. The Hall–Kier alpha value is -2.88. The predicted molar refractivity (Wildman–Crippen MR) is 81.2 cm³/mol. The van der Waals surface area contributed by atoms with Crippen molar-refractivity contribution in [2.45, 2.75) is 6.42 Å². The van der Waals surface area contributed by atoms with Crippen molar-refractivity contribution in [3.63, 3.8) is 0 Å². The maximum Gasteiger partial charge on any atom is 0.258 e. The van der Waals surface area contributed by atoms with Crippen molar-refractivity contribution in [1.82, 2.24) is 10.2 Å². The Morgan fingerprint density at radius 1 is 1.10 bits per heavy atom. The van der Waals surface area contributed by atoms with Gasteiger partial charge in [-0.1, -0.05) is 30.3 Å². The van der Waals surface area contributed by atoms with E-state index in [4.69, 9.17) is 0 Å². The summed E-state index contributed by atoms with van der Waals surface area (Å²) in [4.78, 5) is 12.0. The molecule has 2 aromatic carbocycles. The minimum atomic E-state index is -0.154. The van der Waals surface area contributed by atoms with Crippen LogP contribution in [0.4, 0.5) is 5.69 Å². The average molecular weight is 275 g/mol. The Morgan fingerprint density at radius 3 is 2.81 bits per heavy atom. The van der Waals surface area contributed by atoms with E-state index in [1.54, 1.807) is 6.20 Å². The molecule has 21 heavy (non-hydrogen) atoms. The first-order valence-electron chi connectivity index (χ1n) is 6.82. The van der Waals surface area contributed by atoms with Crippen molar-refractivity contribution in [3.8, 4) is 11.1 Å². The van der Waals surface area contributed by atoms with E-state index in [1.165, 1.54) is 28.5 Å². The molecule has 2 N–H and O–H groups in total. The number of fused-ring (bicyclic) bond motifs is 3. The largest absolute Gasteiger partial charge is 0.322 e. The molecule has 1 aliphatic rings. The predicted octanol–water partition coefficient (Wildman–Crippen LogP) is 3.23. The smallest absolute Gasteiger partial charge is 0.258 e. The number of aromatic nitrogens is 2. The molecule has 3 aromatic rings. The fraction of sp³-hybridized carbons (Fsp3) is 0.0588. The van der Waals surface area contributed by atoms with Gasteiger partial charge in [-0.15, -0.1) is 0 Å². The van der Waals surface area contributed by atoms with Crippen LogP contribution in [-0.2, 0) is 6.42 Å². The van der Waals surface area contributed by atoms with Gasteiger partial charge in [-0.2, -0.15) is 5.10 Å². The van der Waals surface area contributed by atoms with Gasteiger partial charge in [0.25, 0.3) is 5.91 Å². The topological polar surface area (TPSA) is 57.8 Å². The highest BCUT2D eigenvalue weighted by molar-refractivity contribution is 6.04. The van der Waals surface area contributed by atoms with Crippen molar-refractivity contribution in [2.24, 2.45) is 0 Å². The summed E-state index contributed by atoms with van der Waals surface area (Å²) in [5.41, 5.74) is 6.48. The Labute approximate surface area is 121 Å². The van der Waals surface area contributed by atoms with Crippen molar-refractivity contribution in [3.05, 3.63) is 71.5 Å². The van der Waals surface area contributed by atoms with E-state index < -0.39 is 0 Å². The van der Waals surface area contributed by atoms with Crippen molar-refractivity contribution in [1.29, 1.82) is 0 Å². The van der Waals surface area contributed by atoms with Crippen molar-refractivity contribution < 1.29 is 4.79 Å². The molecule has 4 nitrogen and oxygen atoms in total. The molecule has 0 saturated heterocycles. The first kappa shape index (κ1) is 11.9. The first-order chi connectivity index (χ1) is 10.3. The third-order valence-corrected chi connectivity index (χ3v) is 3.81. The highest BCUT2D eigenvalue weighted by atomic mass is 16.1. The Kier molecular flexibility index (Phi) is 2.60. The second-order valence-corrected chi connectivity index (χ2v) is 5.15. The molecule has 0 spiro atoms. The second kappa shape index (κ2) is 4.59. The monoisotopic (exact) mass is 275 g/mol. The number of benzene rings is 2. The van der Waals surface area contributed by atoms with Crippen LogP contribution in [0.2, 0.25) is 0 Å². The molecule has 0 radical (unpaired) electrons. The van der Waals surface area contributed by atoms with E-state index in [2.05, 4.69) is 45.8 Å². The average Bonchev–Trinajstić information content (AvgIpc) is 3.14. The molecule has 4 heteroatoms. The zero-order valence-corrected chi connectivity index (χ0v) is 11.3. The fourth-order valence-electron chi connectivity index (χ4n) is 2.80. The molecule has 102 valence electrons. The fourth-order valence-corrected chi connectivity index (χ4v) is 2.80. The molecule has 0 bridgehead atoms. The van der Waals surface area contributed by atoms with E-state index in [0.717, 1.165) is 12.1 Å². The van der Waals surface area contributed by atoms with Gasteiger partial charge < -0.3 is 5.32 Å². The molecular weight excluding hydrogens is 262 g/mol. The number of hydrogen-bond acceptors (Lipinski definition) is 2. The van der Waals surface area contributed by atoms with Gasteiger partial charge in [0.15, 0.2) is 0 Å². The summed E-state index contributed by atoms with van der Waals surface area (Å²) in [6.07, 6.45) is 4.01. The number of nitrogens with one attached hydrogen (secondary N) is 2. The third kappa shape index (κ3) is 2.01. The van der Waals surface area contributed by atoms with Crippen LogP contribution in [0.1, 0.15) is 21.5 Å². The summed E-state index contributed by atoms with van der Waals surface area (Å²) in [7, 11) is 0. The lowest BCUT2D eigenvalue weighted by Crippen LogP contribution is -2.11. The highest BCUT2D eigenvalue weighted by Crippen LogP contribution is 2.37. The quantitative estimate of drug-likeness (QED) is 0.590. The van der Waals surface area contributed by atoms with Gasteiger partial charge in [-0.25, -0.2) is 0 Å². The number of amides is 1. The number of carbonyl (C=O) groups excluding carboxylic acids is 1. The van der Waals surface area contributed by atoms with Crippen molar-refractivity contribution in [2.75, 3.05) is 5.32 Å². The molecule has 4 rings (SSSR count). The van der Waals surface area contributed by atoms with Crippen LogP contribution >= 0.6 is 0 Å². The molecular formula is C17H13N3O. The molecule has 0 atom stereocenters. The van der Waals surface area contributed by atoms with Gasteiger partial charge in [0.05, 0.1) is 11.8 Å². The lowest BCUT2D eigenvalue weighted by Gasteiger charge is -2.06. The standard InChI is InChI=1S/C17H13N3O/c21-17(13-9-18-19-10-13)20-14-5-6-16-12(8-14)7-11-3-1-2-4-15(11)16/h1-6,8-10H,7H2,(H,18,19)(H,20,21). The van der Waals surface area contributed by atoms with E-state index in [9.17, 15) is 4.79 Å². The molecule has 0 unspecified atom stereocenters. The SMILES string of the molecule is O=C(Nc1ccc2c(c1)Cc1ccccc1-2)c1cn[nH]c1. The summed E-state index contributed by atoms with van der Waals surface area (Å²) in [6.45, 7) is 0. The van der Waals surface area contributed by atoms with Crippen LogP contribution in [0, 0.1) is 0 Å². The molecule has 0 fully saturated rings. The van der Waals surface area contributed by atoms with Gasteiger partial charge in [0.1, 0.15) is 0 Å². The first-order valence-corrected chi connectivity index (χ1v) is 6.82. The number of rotatable bonds is 2. The summed E-state index contributed by atoms with van der Waals surface area (Å²) in [5.74, 6) is -0.154. The Morgan fingerprint density at radius 2 is 1.95 bits per heavy atom. The minimum absolute atomic E-state index is 0.154. The van der Waals surface area contributed by atoms with Gasteiger partial charge in [-0.05, 0) is 40.8 Å². The summed E-state index contributed by atoms with van der Waals surface area (Å²) in [5, 5.41) is 9.32. The van der Waals surface area contributed by atoms with Gasteiger partial charge >= 0.3 is 0 Å². The highest BCUT2D eigenvalue weighted by Gasteiger charge is 2.18. The number of anilines is 1. The van der Waals surface area contributed by atoms with Crippen LogP contribution in [0.3, 0.4) is 0 Å². The molecule has 0 saturated carbocycles. The number of H-pyrrole nitrogens is 1. The summed E-state index contributed by atoms with van der Waals surface area (Å²) in [6, 6.07) is 14.5. The molecule has 1 aliphatic carbocycles. The maximum absolute atomic E-state index is 12.0. The number of carbonyl (C=O) groups is 1. The van der Waals surface area contributed by atoms with E-state index in [1.807, 2.05) is 12.1 Å². The zero-order valence-electron chi connectivity index (χ0n) is 11.3. The van der Waals surface area contributed by atoms with Gasteiger partial charge in [0, 0.05) is 11.9 Å². The van der Waals surface area contributed by atoms with Gasteiger partial charge in [0.2, 0.25) is 0 Å². The molecule has 0 aliphatic heterocycles. The summed E-state index contributed by atoms with van der Waals surface area (Å²) >= 11 is 0. The van der Waals surface area contributed by atoms with Crippen LogP contribution in [0.15, 0.2) is 54.9 Å². The lowest BCUT2D eigenvalue weighted by molar-refractivity contribution is 0.102. The van der Waals surface area contributed by atoms with E-state index in [0.29, 0.717) is 5.56 Å². The van der Waals surface area contributed by atoms with Crippen LogP contribution in [0.5, 0.6) is 0 Å². The minimum Gasteiger partial charge on any atom is -0.322 e. The summed E-state index contributed by atoms with van der Waals surface area (Å²) < 4.78 is 0. The normalized spacial score (nSPS) is 11.8. The number of aromatic amines is 1. The molecule has 1 heterocycles.